The van der Waals surface area contributed by atoms with Crippen LogP contribution in [0.25, 0.3) is 5.82 Å². The molecule has 0 aliphatic carbocycles. The number of rotatable bonds is 3. The van der Waals surface area contributed by atoms with Crippen LogP contribution in [-0.2, 0) is 0 Å². The summed E-state index contributed by atoms with van der Waals surface area (Å²) in [5, 5.41) is 13.0. The topological polar surface area (TPSA) is 68.0 Å². The summed E-state index contributed by atoms with van der Waals surface area (Å²) < 4.78 is 1.72. The van der Waals surface area contributed by atoms with Crippen molar-refractivity contribution in [2.75, 3.05) is 0 Å². The van der Waals surface area contributed by atoms with E-state index in [1.54, 1.807) is 16.9 Å². The van der Waals surface area contributed by atoms with E-state index in [4.69, 9.17) is 5.11 Å². The van der Waals surface area contributed by atoms with Gasteiger partial charge in [-0.3, -0.25) is 0 Å². The molecule has 0 aromatic carbocycles. The van der Waals surface area contributed by atoms with Crippen LogP contribution in [0.4, 0.5) is 0 Å². The standard InChI is InChI=1S/C12H13N3O2/c1-8(2)10-5-6-14-15(10)11-4-3-9(7-13-11)12(16)17/h3-8H,1-2H3,(H,16,17). The molecule has 0 amide bonds. The third-order valence-electron chi connectivity index (χ3n) is 2.48. The summed E-state index contributed by atoms with van der Waals surface area (Å²) in [6, 6.07) is 5.11. The minimum atomic E-state index is -0.978. The van der Waals surface area contributed by atoms with Gasteiger partial charge in [0.2, 0.25) is 0 Å². The van der Waals surface area contributed by atoms with E-state index in [2.05, 4.69) is 23.9 Å². The smallest absolute Gasteiger partial charge is 0.337 e. The SMILES string of the molecule is CC(C)c1ccnn1-c1ccc(C(=O)O)cn1. The fraction of sp³-hybridized carbons (Fsp3) is 0.250. The minimum absolute atomic E-state index is 0.173. The van der Waals surface area contributed by atoms with Crippen molar-refractivity contribution in [1.82, 2.24) is 14.8 Å². The zero-order chi connectivity index (χ0) is 12.4. The Hall–Kier alpha value is -2.17. The zero-order valence-electron chi connectivity index (χ0n) is 9.66. The van der Waals surface area contributed by atoms with Gasteiger partial charge in [-0.15, -0.1) is 0 Å². The van der Waals surface area contributed by atoms with Crippen molar-refractivity contribution in [3.05, 3.63) is 41.9 Å². The van der Waals surface area contributed by atoms with Gasteiger partial charge in [0.25, 0.3) is 0 Å². The number of carboxylic acids is 1. The van der Waals surface area contributed by atoms with Crippen LogP contribution in [0.5, 0.6) is 0 Å². The lowest BCUT2D eigenvalue weighted by Gasteiger charge is -2.09. The predicted octanol–water partition coefficient (Wildman–Crippen LogP) is 2.09. The Morgan fingerprint density at radius 3 is 2.65 bits per heavy atom. The zero-order valence-corrected chi connectivity index (χ0v) is 9.66. The van der Waals surface area contributed by atoms with Crippen molar-refractivity contribution in [3.63, 3.8) is 0 Å². The van der Waals surface area contributed by atoms with Crippen LogP contribution < -0.4 is 0 Å². The fourth-order valence-electron chi connectivity index (χ4n) is 1.58. The average Bonchev–Trinajstić information content (AvgIpc) is 2.78. The molecule has 2 aromatic heterocycles. The Bertz CT molecular complexity index is 529. The highest BCUT2D eigenvalue weighted by molar-refractivity contribution is 5.87. The first-order chi connectivity index (χ1) is 8.09. The monoisotopic (exact) mass is 231 g/mol. The number of nitrogens with zero attached hydrogens (tertiary/aromatic N) is 3. The van der Waals surface area contributed by atoms with Crippen molar-refractivity contribution >= 4 is 5.97 Å². The normalized spacial score (nSPS) is 10.8. The molecule has 0 aliphatic rings. The molecule has 0 saturated carbocycles. The quantitative estimate of drug-likeness (QED) is 0.878. The largest absolute Gasteiger partial charge is 0.478 e. The summed E-state index contributed by atoms with van der Waals surface area (Å²) in [7, 11) is 0. The average molecular weight is 231 g/mol. The maximum absolute atomic E-state index is 10.7. The predicted molar refractivity (Wildman–Crippen MR) is 62.4 cm³/mol. The lowest BCUT2D eigenvalue weighted by molar-refractivity contribution is 0.0696. The highest BCUT2D eigenvalue weighted by atomic mass is 16.4. The first kappa shape index (κ1) is 11.3. The molecule has 2 aromatic rings. The van der Waals surface area contributed by atoms with Crippen LogP contribution in [0.15, 0.2) is 30.6 Å². The van der Waals surface area contributed by atoms with Gasteiger partial charge >= 0.3 is 5.97 Å². The second-order valence-corrected chi connectivity index (χ2v) is 4.03. The molecule has 0 aliphatic heterocycles. The van der Waals surface area contributed by atoms with E-state index in [9.17, 15) is 4.79 Å². The van der Waals surface area contributed by atoms with Gasteiger partial charge in [-0.05, 0) is 24.1 Å². The number of carbonyl (C=O) groups is 1. The van der Waals surface area contributed by atoms with Crippen LogP contribution in [-0.4, -0.2) is 25.8 Å². The lowest BCUT2D eigenvalue weighted by Crippen LogP contribution is -2.06. The van der Waals surface area contributed by atoms with Gasteiger partial charge in [-0.25, -0.2) is 14.5 Å². The van der Waals surface area contributed by atoms with Gasteiger partial charge in [-0.2, -0.15) is 5.10 Å². The molecule has 0 radical (unpaired) electrons. The summed E-state index contributed by atoms with van der Waals surface area (Å²) in [5.41, 5.74) is 1.22. The van der Waals surface area contributed by atoms with Gasteiger partial charge in [-0.1, -0.05) is 13.8 Å². The Labute approximate surface area is 98.7 Å². The third-order valence-corrected chi connectivity index (χ3v) is 2.48. The van der Waals surface area contributed by atoms with E-state index in [0.29, 0.717) is 11.7 Å². The van der Waals surface area contributed by atoms with Crippen molar-refractivity contribution in [3.8, 4) is 5.82 Å². The number of hydrogen-bond acceptors (Lipinski definition) is 3. The van der Waals surface area contributed by atoms with Gasteiger partial charge in [0.15, 0.2) is 5.82 Å². The third kappa shape index (κ3) is 2.18. The molecule has 0 saturated heterocycles. The minimum Gasteiger partial charge on any atom is -0.478 e. The van der Waals surface area contributed by atoms with Gasteiger partial charge in [0.1, 0.15) is 0 Å². The van der Waals surface area contributed by atoms with Crippen LogP contribution in [0.2, 0.25) is 0 Å². The molecule has 0 fully saturated rings. The number of aromatic carboxylic acids is 1. The van der Waals surface area contributed by atoms with Crippen molar-refractivity contribution < 1.29 is 9.90 Å². The van der Waals surface area contributed by atoms with Gasteiger partial charge < -0.3 is 5.11 Å². The first-order valence-electron chi connectivity index (χ1n) is 5.33. The maximum Gasteiger partial charge on any atom is 0.337 e. The number of pyridine rings is 1. The highest BCUT2D eigenvalue weighted by Gasteiger charge is 2.10. The van der Waals surface area contributed by atoms with Gasteiger partial charge in [0, 0.05) is 18.1 Å². The molecule has 0 unspecified atom stereocenters. The summed E-state index contributed by atoms with van der Waals surface area (Å²) in [5.74, 6) is -0.0178. The Balaban J connectivity index is 2.40. The Morgan fingerprint density at radius 2 is 2.12 bits per heavy atom. The molecule has 2 heterocycles. The molecular formula is C12H13N3O2. The second kappa shape index (κ2) is 4.37. The molecule has 2 rings (SSSR count). The number of hydrogen-bond donors (Lipinski definition) is 1. The van der Waals surface area contributed by atoms with Crippen LogP contribution >= 0.6 is 0 Å². The van der Waals surface area contributed by atoms with E-state index in [-0.39, 0.29) is 5.56 Å². The number of carboxylic acid groups (broad SMARTS) is 1. The second-order valence-electron chi connectivity index (χ2n) is 4.03. The van der Waals surface area contributed by atoms with Crippen LogP contribution in [0.1, 0.15) is 35.8 Å². The van der Waals surface area contributed by atoms with Crippen molar-refractivity contribution in [2.24, 2.45) is 0 Å². The van der Waals surface area contributed by atoms with E-state index < -0.39 is 5.97 Å². The molecule has 5 heteroatoms. The van der Waals surface area contributed by atoms with Crippen LogP contribution in [0, 0.1) is 0 Å². The summed E-state index contributed by atoms with van der Waals surface area (Å²) in [4.78, 5) is 14.8. The van der Waals surface area contributed by atoms with E-state index in [0.717, 1.165) is 5.69 Å². The number of aromatic nitrogens is 3. The summed E-state index contributed by atoms with van der Waals surface area (Å²) in [6.45, 7) is 4.14. The summed E-state index contributed by atoms with van der Waals surface area (Å²) >= 11 is 0. The maximum atomic E-state index is 10.7. The molecule has 88 valence electrons. The Kier molecular flexibility index (Phi) is 2.91. The lowest BCUT2D eigenvalue weighted by atomic mass is 10.1. The molecular weight excluding hydrogens is 218 g/mol. The Morgan fingerprint density at radius 1 is 1.35 bits per heavy atom. The van der Waals surface area contributed by atoms with Crippen LogP contribution in [0.3, 0.4) is 0 Å². The molecule has 0 bridgehead atoms. The molecule has 0 spiro atoms. The summed E-state index contributed by atoms with van der Waals surface area (Å²) in [6.07, 6.45) is 3.05. The first-order valence-corrected chi connectivity index (χ1v) is 5.33. The van der Waals surface area contributed by atoms with Crippen molar-refractivity contribution in [1.29, 1.82) is 0 Å². The highest BCUT2D eigenvalue weighted by Crippen LogP contribution is 2.16. The van der Waals surface area contributed by atoms with Crippen molar-refractivity contribution in [2.45, 2.75) is 19.8 Å². The molecule has 1 N–H and O–H groups in total. The van der Waals surface area contributed by atoms with E-state index in [1.807, 2.05) is 6.07 Å². The molecule has 5 nitrogen and oxygen atoms in total. The molecule has 17 heavy (non-hydrogen) atoms. The van der Waals surface area contributed by atoms with E-state index in [1.165, 1.54) is 12.3 Å². The van der Waals surface area contributed by atoms with E-state index >= 15 is 0 Å². The fourth-order valence-corrected chi connectivity index (χ4v) is 1.58. The van der Waals surface area contributed by atoms with Gasteiger partial charge in [0.05, 0.1) is 5.56 Å². The molecule has 0 atom stereocenters.